The first-order valence-corrected chi connectivity index (χ1v) is 11.1. The zero-order valence-electron chi connectivity index (χ0n) is 19.2. The standard InChI is InChI=1S/C24H26FN5O4/c1-12-16(10-29-22-21(12)27-4-5-33-22)15-6-13-7-18(28-11-17(13)20(26)19(15)25)34-23(31)30-14-8-24(2,9-14)32-3/h6-7,10-11,14,27H,4-5,8-9,26H2,1-3H3,(H,30,31). The van der Waals surface area contributed by atoms with Gasteiger partial charge in [-0.25, -0.2) is 19.2 Å². The number of aromatic nitrogens is 2. The van der Waals surface area contributed by atoms with E-state index in [0.717, 1.165) is 11.3 Å². The first-order chi connectivity index (χ1) is 16.3. The van der Waals surface area contributed by atoms with Crippen LogP contribution >= 0.6 is 0 Å². The Morgan fingerprint density at radius 3 is 2.85 bits per heavy atom. The molecule has 1 aliphatic carbocycles. The van der Waals surface area contributed by atoms with Crippen LogP contribution in [0.15, 0.2) is 24.5 Å². The third-order valence-corrected chi connectivity index (χ3v) is 6.58. The lowest BCUT2D eigenvalue weighted by Crippen LogP contribution is -2.54. The van der Waals surface area contributed by atoms with Crippen molar-refractivity contribution < 1.29 is 23.4 Å². The van der Waals surface area contributed by atoms with E-state index < -0.39 is 11.9 Å². The monoisotopic (exact) mass is 467 g/mol. The molecule has 0 saturated heterocycles. The van der Waals surface area contributed by atoms with Gasteiger partial charge in [0.05, 0.1) is 11.3 Å². The van der Waals surface area contributed by atoms with E-state index in [-0.39, 0.29) is 23.2 Å². The van der Waals surface area contributed by atoms with Gasteiger partial charge in [-0.3, -0.25) is 0 Å². The molecule has 1 aromatic carbocycles. The van der Waals surface area contributed by atoms with Crippen molar-refractivity contribution in [1.82, 2.24) is 15.3 Å². The molecule has 9 nitrogen and oxygen atoms in total. The van der Waals surface area contributed by atoms with Gasteiger partial charge < -0.3 is 30.6 Å². The highest BCUT2D eigenvalue weighted by atomic mass is 19.1. The highest BCUT2D eigenvalue weighted by Gasteiger charge is 2.41. The minimum atomic E-state index is -0.605. The maximum atomic E-state index is 15.3. The summed E-state index contributed by atoms with van der Waals surface area (Å²) in [7, 11) is 1.66. The van der Waals surface area contributed by atoms with E-state index in [0.29, 0.717) is 53.8 Å². The number of pyridine rings is 2. The molecule has 0 atom stereocenters. The van der Waals surface area contributed by atoms with Crippen molar-refractivity contribution in [3.05, 3.63) is 35.9 Å². The maximum Gasteiger partial charge on any atom is 0.414 e. The molecule has 3 heterocycles. The predicted molar refractivity (Wildman–Crippen MR) is 126 cm³/mol. The van der Waals surface area contributed by atoms with Crippen molar-refractivity contribution in [3.63, 3.8) is 0 Å². The Labute approximate surface area is 195 Å². The van der Waals surface area contributed by atoms with E-state index in [1.165, 1.54) is 6.20 Å². The SMILES string of the molecule is COC1(C)CC(NC(=O)Oc2cc3cc(-c4cnc5c(c4C)NCCO5)c(F)c(N)c3cn2)C1. The second-order valence-electron chi connectivity index (χ2n) is 8.94. The van der Waals surface area contributed by atoms with Crippen LogP contribution < -0.4 is 25.8 Å². The van der Waals surface area contributed by atoms with E-state index in [1.807, 2.05) is 13.8 Å². The Morgan fingerprint density at radius 2 is 2.09 bits per heavy atom. The molecule has 1 fully saturated rings. The Balaban J connectivity index is 1.43. The highest BCUT2D eigenvalue weighted by molar-refractivity contribution is 5.98. The molecule has 4 N–H and O–H groups in total. The minimum Gasteiger partial charge on any atom is -0.474 e. The Kier molecular flexibility index (Phi) is 5.40. The summed E-state index contributed by atoms with van der Waals surface area (Å²) in [4.78, 5) is 20.8. The number of ether oxygens (including phenoxy) is 3. The molecule has 10 heteroatoms. The lowest BCUT2D eigenvalue weighted by Gasteiger charge is -2.43. The zero-order valence-corrected chi connectivity index (χ0v) is 19.2. The van der Waals surface area contributed by atoms with Crippen LogP contribution in [0.25, 0.3) is 21.9 Å². The number of amides is 1. The molecule has 0 bridgehead atoms. The molecule has 34 heavy (non-hydrogen) atoms. The number of methoxy groups -OCH3 is 1. The van der Waals surface area contributed by atoms with Crippen LogP contribution in [0.3, 0.4) is 0 Å². The molecule has 178 valence electrons. The zero-order chi connectivity index (χ0) is 24.0. The number of rotatable bonds is 4. The number of benzene rings is 1. The summed E-state index contributed by atoms with van der Waals surface area (Å²) < 4.78 is 31.6. The largest absolute Gasteiger partial charge is 0.474 e. The second kappa shape index (κ2) is 8.28. The second-order valence-corrected chi connectivity index (χ2v) is 8.94. The molecule has 3 aromatic rings. The first-order valence-electron chi connectivity index (χ1n) is 11.1. The summed E-state index contributed by atoms with van der Waals surface area (Å²) in [5.74, 6) is 0.0180. The van der Waals surface area contributed by atoms with Crippen molar-refractivity contribution in [2.24, 2.45) is 0 Å². The smallest absolute Gasteiger partial charge is 0.414 e. The molecule has 0 unspecified atom stereocenters. The molecule has 1 aliphatic heterocycles. The number of halogens is 1. The first kappa shape index (κ1) is 22.1. The van der Waals surface area contributed by atoms with Gasteiger partial charge in [-0.05, 0) is 43.7 Å². The molecular formula is C24H26FN5O4. The predicted octanol–water partition coefficient (Wildman–Crippen LogP) is 3.79. The molecular weight excluding hydrogens is 441 g/mol. The number of hydrogen-bond acceptors (Lipinski definition) is 8. The lowest BCUT2D eigenvalue weighted by atomic mass is 9.77. The van der Waals surface area contributed by atoms with Gasteiger partial charge in [-0.2, -0.15) is 0 Å². The van der Waals surface area contributed by atoms with Gasteiger partial charge in [0.2, 0.25) is 11.8 Å². The quantitative estimate of drug-likeness (QED) is 0.496. The summed E-state index contributed by atoms with van der Waals surface area (Å²) >= 11 is 0. The fourth-order valence-electron chi connectivity index (χ4n) is 4.56. The van der Waals surface area contributed by atoms with Crippen molar-refractivity contribution >= 4 is 28.2 Å². The third-order valence-electron chi connectivity index (χ3n) is 6.58. The van der Waals surface area contributed by atoms with Gasteiger partial charge in [0.1, 0.15) is 12.3 Å². The number of anilines is 2. The molecule has 0 spiro atoms. The average Bonchev–Trinajstić information content (AvgIpc) is 2.81. The summed E-state index contributed by atoms with van der Waals surface area (Å²) in [5.41, 5.74) is 8.28. The topological polar surface area (TPSA) is 121 Å². The molecule has 2 aliphatic rings. The number of nitrogens with zero attached hydrogens (tertiary/aromatic N) is 2. The maximum absolute atomic E-state index is 15.3. The molecule has 1 saturated carbocycles. The fraction of sp³-hybridized carbons (Fsp3) is 0.375. The number of hydrogen-bond donors (Lipinski definition) is 3. The van der Waals surface area contributed by atoms with Crippen LogP contribution in [0.2, 0.25) is 0 Å². The lowest BCUT2D eigenvalue weighted by molar-refractivity contribution is -0.0728. The summed E-state index contributed by atoms with van der Waals surface area (Å²) in [6.45, 7) is 5.02. The molecule has 5 rings (SSSR count). The van der Waals surface area contributed by atoms with Crippen LogP contribution in [-0.4, -0.2) is 48.0 Å². The molecule has 1 amide bonds. The van der Waals surface area contributed by atoms with E-state index in [9.17, 15) is 4.79 Å². The van der Waals surface area contributed by atoms with Crippen LogP contribution in [0, 0.1) is 12.7 Å². The summed E-state index contributed by atoms with van der Waals surface area (Å²) in [6, 6.07) is 3.20. The van der Waals surface area contributed by atoms with Crippen LogP contribution in [0.1, 0.15) is 25.3 Å². The van der Waals surface area contributed by atoms with E-state index in [1.54, 1.807) is 25.4 Å². The van der Waals surface area contributed by atoms with E-state index in [2.05, 4.69) is 20.6 Å². The van der Waals surface area contributed by atoms with Crippen molar-refractivity contribution in [3.8, 4) is 22.9 Å². The minimum absolute atomic E-state index is 0.0219. The van der Waals surface area contributed by atoms with Gasteiger partial charge in [0.15, 0.2) is 5.82 Å². The fourth-order valence-corrected chi connectivity index (χ4v) is 4.56. The van der Waals surface area contributed by atoms with Crippen LogP contribution in [0.5, 0.6) is 11.8 Å². The average molecular weight is 468 g/mol. The third kappa shape index (κ3) is 3.83. The number of carbonyl (C=O) groups excluding carboxylic acids is 1. The molecule has 0 radical (unpaired) electrons. The van der Waals surface area contributed by atoms with Crippen molar-refractivity contribution in [1.29, 1.82) is 0 Å². The van der Waals surface area contributed by atoms with Crippen molar-refractivity contribution in [2.75, 3.05) is 31.3 Å². The Bertz CT molecular complexity index is 1290. The van der Waals surface area contributed by atoms with Gasteiger partial charge in [0.25, 0.3) is 0 Å². The van der Waals surface area contributed by atoms with E-state index >= 15 is 4.39 Å². The number of carbonyl (C=O) groups is 1. The number of nitrogens with two attached hydrogens (primary N) is 1. The Hall–Kier alpha value is -3.66. The highest BCUT2D eigenvalue weighted by Crippen LogP contribution is 2.40. The Morgan fingerprint density at radius 1 is 1.29 bits per heavy atom. The number of fused-ring (bicyclic) bond motifs is 2. The van der Waals surface area contributed by atoms with Gasteiger partial charge in [-0.15, -0.1) is 0 Å². The normalized spacial score (nSPS) is 21.1. The van der Waals surface area contributed by atoms with Gasteiger partial charge in [0, 0.05) is 54.7 Å². The van der Waals surface area contributed by atoms with Crippen LogP contribution in [-0.2, 0) is 4.74 Å². The van der Waals surface area contributed by atoms with E-state index in [4.69, 9.17) is 19.9 Å². The van der Waals surface area contributed by atoms with Crippen molar-refractivity contribution in [2.45, 2.75) is 38.3 Å². The van der Waals surface area contributed by atoms with Crippen LogP contribution in [0.4, 0.5) is 20.6 Å². The van der Waals surface area contributed by atoms with Gasteiger partial charge >= 0.3 is 6.09 Å². The summed E-state index contributed by atoms with van der Waals surface area (Å²) in [6.07, 6.45) is 3.78. The summed E-state index contributed by atoms with van der Waals surface area (Å²) in [5, 5.41) is 7.07. The number of nitrogen functional groups attached to an aromatic ring is 1. The van der Waals surface area contributed by atoms with Gasteiger partial charge in [-0.1, -0.05) is 0 Å². The molecule has 2 aromatic heterocycles. The number of nitrogens with one attached hydrogen (secondary N) is 2.